The first-order valence-corrected chi connectivity index (χ1v) is 11.6. The zero-order valence-electron chi connectivity index (χ0n) is 19.7. The number of rotatable bonds is 7. The number of hydrogen-bond donors (Lipinski definition) is 1. The topological polar surface area (TPSA) is 124 Å². The van der Waals surface area contributed by atoms with Crippen LogP contribution in [-0.4, -0.2) is 45.1 Å². The van der Waals surface area contributed by atoms with Crippen molar-refractivity contribution in [2.45, 2.75) is 13.8 Å². The van der Waals surface area contributed by atoms with E-state index in [2.05, 4.69) is 5.32 Å². The lowest BCUT2D eigenvalue weighted by molar-refractivity contribution is -0.384. The molecule has 0 bridgehead atoms. The summed E-state index contributed by atoms with van der Waals surface area (Å²) in [5.74, 6) is -0.410. The van der Waals surface area contributed by atoms with Crippen LogP contribution in [0, 0.1) is 24.0 Å². The van der Waals surface area contributed by atoms with Crippen LogP contribution in [0.4, 0.5) is 16.2 Å². The standard InChI is InChI=1S/C25H22N4O6S/c1-15-12-17(16(2)28(15)19-6-8-20(9-7-19)29(33)34)13-22-24(31)27(25(32)36-22)14-23(30)26-18-4-10-21(35-3)11-5-18/h4-13H,14H2,1-3H3,(H,26,30)/b22-13-. The summed E-state index contributed by atoms with van der Waals surface area (Å²) in [5.41, 5.74) is 3.61. The van der Waals surface area contributed by atoms with E-state index in [0.717, 1.165) is 39.3 Å². The van der Waals surface area contributed by atoms with E-state index in [-0.39, 0.29) is 10.6 Å². The highest BCUT2D eigenvalue weighted by atomic mass is 32.2. The maximum absolute atomic E-state index is 12.9. The van der Waals surface area contributed by atoms with E-state index in [1.54, 1.807) is 42.5 Å². The molecular formula is C25H22N4O6S. The first kappa shape index (κ1) is 24.7. The fourth-order valence-corrected chi connectivity index (χ4v) is 4.68. The number of nitrogens with zero attached hydrogens (tertiary/aromatic N) is 3. The van der Waals surface area contributed by atoms with Gasteiger partial charge in [0.15, 0.2) is 0 Å². The smallest absolute Gasteiger partial charge is 0.294 e. The molecule has 3 amide bonds. The minimum Gasteiger partial charge on any atom is -0.497 e. The molecule has 11 heteroatoms. The maximum atomic E-state index is 12.9. The number of methoxy groups -OCH3 is 1. The molecule has 1 aromatic heterocycles. The third-order valence-electron chi connectivity index (χ3n) is 5.62. The largest absolute Gasteiger partial charge is 0.497 e. The molecule has 4 rings (SSSR count). The van der Waals surface area contributed by atoms with Crippen molar-refractivity contribution >= 4 is 46.3 Å². The number of nitro groups is 1. The summed E-state index contributed by atoms with van der Waals surface area (Å²) >= 11 is 0.772. The van der Waals surface area contributed by atoms with Crippen LogP contribution in [0.1, 0.15) is 17.0 Å². The van der Waals surface area contributed by atoms with E-state index in [4.69, 9.17) is 4.74 Å². The number of ether oxygens (including phenoxy) is 1. The second kappa shape index (κ2) is 10.1. The molecule has 1 fully saturated rings. The Morgan fingerprint density at radius 3 is 2.39 bits per heavy atom. The molecule has 2 aromatic carbocycles. The van der Waals surface area contributed by atoms with Crippen LogP contribution in [0.5, 0.6) is 5.75 Å². The van der Waals surface area contributed by atoms with Gasteiger partial charge in [0.25, 0.3) is 16.8 Å². The Labute approximate surface area is 210 Å². The Morgan fingerprint density at radius 2 is 1.78 bits per heavy atom. The summed E-state index contributed by atoms with van der Waals surface area (Å²) < 4.78 is 6.99. The summed E-state index contributed by atoms with van der Waals surface area (Å²) in [6.07, 6.45) is 1.62. The summed E-state index contributed by atoms with van der Waals surface area (Å²) in [4.78, 5) is 49.4. The molecule has 2 heterocycles. The number of thioether (sulfide) groups is 1. The van der Waals surface area contributed by atoms with Crippen molar-refractivity contribution in [3.05, 3.63) is 86.6 Å². The second-order valence-corrected chi connectivity index (χ2v) is 8.97. The van der Waals surface area contributed by atoms with Gasteiger partial charge in [-0.25, -0.2) is 0 Å². The van der Waals surface area contributed by atoms with Crippen molar-refractivity contribution in [3.8, 4) is 11.4 Å². The van der Waals surface area contributed by atoms with Crippen molar-refractivity contribution < 1.29 is 24.0 Å². The van der Waals surface area contributed by atoms with Gasteiger partial charge in [0.05, 0.1) is 16.9 Å². The number of nitro benzene ring substituents is 1. The molecule has 0 spiro atoms. The van der Waals surface area contributed by atoms with Gasteiger partial charge in [0, 0.05) is 34.9 Å². The van der Waals surface area contributed by atoms with Gasteiger partial charge >= 0.3 is 0 Å². The summed E-state index contributed by atoms with van der Waals surface area (Å²) in [5, 5.41) is 13.1. The van der Waals surface area contributed by atoms with Crippen LogP contribution in [-0.2, 0) is 9.59 Å². The number of nitrogens with one attached hydrogen (secondary N) is 1. The average Bonchev–Trinajstić information content (AvgIpc) is 3.28. The summed E-state index contributed by atoms with van der Waals surface area (Å²) in [6, 6.07) is 14.7. The number of non-ortho nitro benzene ring substituents is 1. The number of anilines is 1. The van der Waals surface area contributed by atoms with Gasteiger partial charge in [-0.1, -0.05) is 0 Å². The van der Waals surface area contributed by atoms with Crippen molar-refractivity contribution in [1.29, 1.82) is 0 Å². The monoisotopic (exact) mass is 506 g/mol. The molecule has 0 aliphatic carbocycles. The van der Waals surface area contributed by atoms with E-state index in [9.17, 15) is 24.5 Å². The average molecular weight is 507 g/mol. The van der Waals surface area contributed by atoms with E-state index < -0.39 is 28.5 Å². The SMILES string of the molecule is COc1ccc(NC(=O)CN2C(=O)S/C(=C\c3cc(C)n(-c4ccc([N+](=O)[O-])cc4)c3C)C2=O)cc1. The lowest BCUT2D eigenvalue weighted by atomic mass is 10.2. The zero-order chi connectivity index (χ0) is 26.0. The van der Waals surface area contributed by atoms with E-state index in [1.807, 2.05) is 24.5 Å². The molecule has 0 radical (unpaired) electrons. The molecule has 10 nitrogen and oxygen atoms in total. The molecule has 36 heavy (non-hydrogen) atoms. The van der Waals surface area contributed by atoms with Gasteiger partial charge < -0.3 is 14.6 Å². The van der Waals surface area contributed by atoms with E-state index in [0.29, 0.717) is 11.4 Å². The van der Waals surface area contributed by atoms with Gasteiger partial charge in [-0.15, -0.1) is 0 Å². The third-order valence-corrected chi connectivity index (χ3v) is 6.53. The molecule has 1 N–H and O–H groups in total. The van der Waals surface area contributed by atoms with Gasteiger partial charge in [0.1, 0.15) is 12.3 Å². The number of imide groups is 1. The highest BCUT2D eigenvalue weighted by Gasteiger charge is 2.36. The van der Waals surface area contributed by atoms with Crippen molar-refractivity contribution in [2.24, 2.45) is 0 Å². The Morgan fingerprint density at radius 1 is 1.11 bits per heavy atom. The molecule has 3 aromatic rings. The molecule has 1 aliphatic rings. The van der Waals surface area contributed by atoms with Gasteiger partial charge in [0.2, 0.25) is 5.91 Å². The molecule has 1 aliphatic heterocycles. The quantitative estimate of drug-likeness (QED) is 0.280. The lowest BCUT2D eigenvalue weighted by Crippen LogP contribution is -2.36. The number of amides is 3. The lowest BCUT2D eigenvalue weighted by Gasteiger charge is -2.12. The normalized spacial score (nSPS) is 14.4. The molecule has 0 saturated carbocycles. The van der Waals surface area contributed by atoms with Crippen molar-refractivity contribution in [3.63, 3.8) is 0 Å². The van der Waals surface area contributed by atoms with Crippen LogP contribution >= 0.6 is 11.8 Å². The van der Waals surface area contributed by atoms with Crippen LogP contribution in [0.2, 0.25) is 0 Å². The third kappa shape index (κ3) is 5.01. The van der Waals surface area contributed by atoms with Gasteiger partial charge in [-0.2, -0.15) is 0 Å². The first-order chi connectivity index (χ1) is 17.2. The summed E-state index contributed by atoms with van der Waals surface area (Å²) in [7, 11) is 1.54. The predicted molar refractivity (Wildman–Crippen MR) is 136 cm³/mol. The molecule has 0 unspecified atom stereocenters. The highest BCUT2D eigenvalue weighted by Crippen LogP contribution is 2.34. The van der Waals surface area contributed by atoms with E-state index in [1.165, 1.54) is 19.2 Å². The Balaban J connectivity index is 1.50. The van der Waals surface area contributed by atoms with Crippen LogP contribution in [0.15, 0.2) is 59.5 Å². The Kier molecular flexibility index (Phi) is 6.93. The number of carbonyl (C=O) groups is 3. The Bertz CT molecular complexity index is 1390. The molecular weight excluding hydrogens is 484 g/mol. The van der Waals surface area contributed by atoms with Crippen LogP contribution < -0.4 is 10.1 Å². The predicted octanol–water partition coefficient (Wildman–Crippen LogP) is 4.69. The van der Waals surface area contributed by atoms with Crippen LogP contribution in [0.25, 0.3) is 11.8 Å². The number of benzene rings is 2. The zero-order valence-corrected chi connectivity index (χ0v) is 20.5. The van der Waals surface area contributed by atoms with Gasteiger partial charge in [-0.3, -0.25) is 29.4 Å². The molecule has 184 valence electrons. The maximum Gasteiger partial charge on any atom is 0.294 e. The number of hydrogen-bond acceptors (Lipinski definition) is 7. The number of carbonyl (C=O) groups excluding carboxylic acids is 3. The fourth-order valence-electron chi connectivity index (χ4n) is 3.85. The molecule has 0 atom stereocenters. The summed E-state index contributed by atoms with van der Waals surface area (Å²) in [6.45, 7) is 3.32. The fraction of sp³-hybridized carbons (Fsp3) is 0.160. The first-order valence-electron chi connectivity index (χ1n) is 10.8. The Hall–Kier alpha value is -4.38. The molecule has 1 saturated heterocycles. The second-order valence-electron chi connectivity index (χ2n) is 7.98. The van der Waals surface area contributed by atoms with Crippen molar-refractivity contribution in [1.82, 2.24) is 9.47 Å². The highest BCUT2D eigenvalue weighted by molar-refractivity contribution is 8.18. The van der Waals surface area contributed by atoms with Gasteiger partial charge in [-0.05, 0) is 79.7 Å². The van der Waals surface area contributed by atoms with Crippen molar-refractivity contribution in [2.75, 3.05) is 19.0 Å². The van der Waals surface area contributed by atoms with E-state index >= 15 is 0 Å². The minimum atomic E-state index is -0.546. The number of aryl methyl sites for hydroxylation is 1. The number of aromatic nitrogens is 1. The minimum absolute atomic E-state index is 0.00821. The van der Waals surface area contributed by atoms with Crippen LogP contribution in [0.3, 0.4) is 0 Å².